The van der Waals surface area contributed by atoms with Crippen LogP contribution in [0.3, 0.4) is 0 Å². The third-order valence-corrected chi connectivity index (χ3v) is 2.83. The third kappa shape index (κ3) is 2.68. The van der Waals surface area contributed by atoms with Gasteiger partial charge in [0.2, 0.25) is 0 Å². The lowest BCUT2D eigenvalue weighted by Crippen LogP contribution is -2.41. The van der Waals surface area contributed by atoms with Gasteiger partial charge in [-0.25, -0.2) is 4.79 Å². The van der Waals surface area contributed by atoms with Gasteiger partial charge < -0.3 is 14.7 Å². The topological polar surface area (TPSA) is 66.8 Å². The summed E-state index contributed by atoms with van der Waals surface area (Å²) in [4.78, 5) is 22.8. The number of hydrogen-bond donors (Lipinski definition) is 1. The quantitative estimate of drug-likeness (QED) is 0.854. The van der Waals surface area contributed by atoms with Crippen molar-refractivity contribution >= 4 is 11.9 Å². The number of ether oxygens (including phenoxy) is 1. The van der Waals surface area contributed by atoms with Crippen LogP contribution in [0.15, 0.2) is 18.2 Å². The smallest absolute Gasteiger partial charge is 0.471 e. The third-order valence-electron chi connectivity index (χ3n) is 2.83. The van der Waals surface area contributed by atoms with Crippen molar-refractivity contribution in [3.05, 3.63) is 29.3 Å². The Balaban J connectivity index is 2.34. The molecule has 0 aromatic heterocycles. The molecule has 108 valence electrons. The second-order valence-electron chi connectivity index (χ2n) is 4.17. The summed E-state index contributed by atoms with van der Waals surface area (Å²) < 4.78 is 42.5. The van der Waals surface area contributed by atoms with Gasteiger partial charge in [0.05, 0.1) is 6.54 Å². The summed E-state index contributed by atoms with van der Waals surface area (Å²) in [6, 6.07) is 4.12. The van der Waals surface area contributed by atoms with E-state index in [9.17, 15) is 22.8 Å². The van der Waals surface area contributed by atoms with E-state index in [-0.39, 0.29) is 36.6 Å². The fraction of sp³-hybridized carbons (Fsp3) is 0.333. The molecule has 0 saturated heterocycles. The molecule has 0 unspecified atom stereocenters. The Morgan fingerprint density at radius 2 is 2.00 bits per heavy atom. The molecule has 5 nitrogen and oxygen atoms in total. The number of nitrogens with zero attached hydrogens (tertiary/aromatic N) is 1. The molecule has 2 rings (SSSR count). The van der Waals surface area contributed by atoms with Gasteiger partial charge in [0.1, 0.15) is 17.9 Å². The highest BCUT2D eigenvalue weighted by atomic mass is 19.4. The normalized spacial score (nSPS) is 15.1. The van der Waals surface area contributed by atoms with Crippen LogP contribution < -0.4 is 4.74 Å². The van der Waals surface area contributed by atoms with Crippen LogP contribution in [0, 0.1) is 0 Å². The first-order chi connectivity index (χ1) is 9.30. The van der Waals surface area contributed by atoms with Crippen molar-refractivity contribution < 1.29 is 32.6 Å². The lowest BCUT2D eigenvalue weighted by Gasteiger charge is -2.20. The van der Waals surface area contributed by atoms with Gasteiger partial charge in [0.25, 0.3) is 0 Å². The zero-order valence-corrected chi connectivity index (χ0v) is 10.1. The van der Waals surface area contributed by atoms with E-state index in [0.29, 0.717) is 4.90 Å². The van der Waals surface area contributed by atoms with Crippen molar-refractivity contribution in [2.45, 2.75) is 12.7 Å². The standard InChI is InChI=1S/C12H10F3NO4/c13-12(14,15)11(19)16-4-5-20-9-7(6-16)2-1-3-8(9)10(17)18/h1-3H,4-6H2,(H,17,18). The molecule has 0 radical (unpaired) electrons. The maximum Gasteiger partial charge on any atom is 0.471 e. The summed E-state index contributed by atoms with van der Waals surface area (Å²) in [5.41, 5.74) is 0.101. The Morgan fingerprint density at radius 1 is 1.30 bits per heavy atom. The molecule has 0 spiro atoms. The van der Waals surface area contributed by atoms with Crippen molar-refractivity contribution in [3.63, 3.8) is 0 Å². The van der Waals surface area contributed by atoms with Gasteiger partial charge in [-0.1, -0.05) is 12.1 Å². The van der Waals surface area contributed by atoms with Crippen molar-refractivity contribution in [3.8, 4) is 5.75 Å². The van der Waals surface area contributed by atoms with Crippen LogP contribution in [-0.2, 0) is 11.3 Å². The summed E-state index contributed by atoms with van der Waals surface area (Å²) in [7, 11) is 0. The molecule has 0 fully saturated rings. The van der Waals surface area contributed by atoms with E-state index in [1.54, 1.807) is 0 Å². The molecule has 1 aliphatic heterocycles. The van der Waals surface area contributed by atoms with Crippen LogP contribution in [0.25, 0.3) is 0 Å². The highest BCUT2D eigenvalue weighted by Gasteiger charge is 2.43. The number of alkyl halides is 3. The number of halogens is 3. The Bertz CT molecular complexity index is 556. The van der Waals surface area contributed by atoms with Gasteiger partial charge in [-0.05, 0) is 6.07 Å². The van der Waals surface area contributed by atoms with E-state index in [1.165, 1.54) is 18.2 Å². The van der Waals surface area contributed by atoms with E-state index in [0.717, 1.165) is 0 Å². The van der Waals surface area contributed by atoms with E-state index in [4.69, 9.17) is 9.84 Å². The molecule has 1 aliphatic rings. The summed E-state index contributed by atoms with van der Waals surface area (Å²) in [5.74, 6) is -3.19. The minimum atomic E-state index is -4.96. The summed E-state index contributed by atoms with van der Waals surface area (Å²) in [5, 5.41) is 9.00. The predicted octanol–water partition coefficient (Wildman–Crippen LogP) is 1.67. The first-order valence-electron chi connectivity index (χ1n) is 5.65. The molecule has 0 aliphatic carbocycles. The lowest BCUT2D eigenvalue weighted by atomic mass is 10.1. The molecule has 1 amide bonds. The highest BCUT2D eigenvalue weighted by molar-refractivity contribution is 5.91. The van der Waals surface area contributed by atoms with Crippen molar-refractivity contribution in [2.75, 3.05) is 13.2 Å². The van der Waals surface area contributed by atoms with E-state index in [1.807, 2.05) is 0 Å². The second kappa shape index (κ2) is 5.03. The van der Waals surface area contributed by atoms with Crippen LogP contribution in [0.5, 0.6) is 5.75 Å². The largest absolute Gasteiger partial charge is 0.490 e. The number of carbonyl (C=O) groups is 2. The van der Waals surface area contributed by atoms with Gasteiger partial charge in [-0.15, -0.1) is 0 Å². The minimum Gasteiger partial charge on any atom is -0.490 e. The van der Waals surface area contributed by atoms with Crippen LogP contribution in [0.2, 0.25) is 0 Å². The van der Waals surface area contributed by atoms with Gasteiger partial charge in [0, 0.05) is 12.1 Å². The molecule has 1 aromatic carbocycles. The molecule has 0 atom stereocenters. The second-order valence-corrected chi connectivity index (χ2v) is 4.17. The first kappa shape index (κ1) is 14.2. The van der Waals surface area contributed by atoms with Crippen molar-refractivity contribution in [2.24, 2.45) is 0 Å². The SMILES string of the molecule is O=C(O)c1cccc2c1OCCN(C(=O)C(F)(F)F)C2. The number of carboxylic acids is 1. The molecule has 0 saturated carbocycles. The zero-order valence-electron chi connectivity index (χ0n) is 10.1. The van der Waals surface area contributed by atoms with Gasteiger partial charge in [0.15, 0.2) is 0 Å². The van der Waals surface area contributed by atoms with Crippen LogP contribution in [0.1, 0.15) is 15.9 Å². The fourth-order valence-electron chi connectivity index (χ4n) is 1.94. The number of carbonyl (C=O) groups excluding carboxylic acids is 1. The zero-order chi connectivity index (χ0) is 14.9. The molecular formula is C12H10F3NO4. The summed E-state index contributed by atoms with van der Waals surface area (Å²) in [6.07, 6.45) is -4.96. The molecule has 1 aromatic rings. The Labute approximate surface area is 111 Å². The Morgan fingerprint density at radius 3 is 2.60 bits per heavy atom. The van der Waals surface area contributed by atoms with Crippen molar-refractivity contribution in [1.82, 2.24) is 4.90 Å². The minimum absolute atomic E-state index is 0.0116. The number of carboxylic acid groups (broad SMARTS) is 1. The fourth-order valence-corrected chi connectivity index (χ4v) is 1.94. The maximum absolute atomic E-state index is 12.4. The van der Waals surface area contributed by atoms with E-state index in [2.05, 4.69) is 0 Å². The maximum atomic E-state index is 12.4. The average Bonchev–Trinajstić information content (AvgIpc) is 2.57. The van der Waals surface area contributed by atoms with Gasteiger partial charge in [-0.3, -0.25) is 4.79 Å². The van der Waals surface area contributed by atoms with E-state index >= 15 is 0 Å². The number of amides is 1. The molecule has 1 N–H and O–H groups in total. The van der Waals surface area contributed by atoms with Crippen LogP contribution in [-0.4, -0.2) is 41.2 Å². The molecular weight excluding hydrogens is 279 g/mol. The molecule has 0 bridgehead atoms. The predicted molar refractivity (Wildman–Crippen MR) is 60.4 cm³/mol. The molecule has 20 heavy (non-hydrogen) atoms. The average molecular weight is 289 g/mol. The summed E-state index contributed by atoms with van der Waals surface area (Å²) >= 11 is 0. The number of hydrogen-bond acceptors (Lipinski definition) is 3. The van der Waals surface area contributed by atoms with Crippen molar-refractivity contribution in [1.29, 1.82) is 0 Å². The number of para-hydroxylation sites is 1. The van der Waals surface area contributed by atoms with E-state index < -0.39 is 18.1 Å². The number of benzene rings is 1. The number of aromatic carboxylic acids is 1. The van der Waals surface area contributed by atoms with Crippen LogP contribution >= 0.6 is 0 Å². The number of fused-ring (bicyclic) bond motifs is 1. The monoisotopic (exact) mass is 289 g/mol. The Kier molecular flexibility index (Phi) is 3.56. The molecule has 1 heterocycles. The lowest BCUT2D eigenvalue weighted by molar-refractivity contribution is -0.186. The first-order valence-corrected chi connectivity index (χ1v) is 5.65. The van der Waals surface area contributed by atoms with Gasteiger partial charge in [-0.2, -0.15) is 13.2 Å². The Hall–Kier alpha value is -2.25. The molecule has 8 heteroatoms. The number of rotatable bonds is 1. The summed E-state index contributed by atoms with van der Waals surface area (Å²) in [6.45, 7) is -0.792. The highest BCUT2D eigenvalue weighted by Crippen LogP contribution is 2.29. The van der Waals surface area contributed by atoms with Crippen LogP contribution in [0.4, 0.5) is 13.2 Å². The van der Waals surface area contributed by atoms with Gasteiger partial charge >= 0.3 is 18.1 Å².